The summed E-state index contributed by atoms with van der Waals surface area (Å²) in [5, 5.41) is 0. The zero-order valence-corrected chi connectivity index (χ0v) is 11.7. The number of hydrogen-bond donors (Lipinski definition) is 1. The summed E-state index contributed by atoms with van der Waals surface area (Å²) in [6.45, 7) is 0.589. The molecule has 0 saturated heterocycles. The van der Waals surface area contributed by atoms with Crippen molar-refractivity contribution >= 4 is 5.91 Å². The van der Waals surface area contributed by atoms with Gasteiger partial charge in [-0.25, -0.2) is 5.48 Å². The van der Waals surface area contributed by atoms with Crippen LogP contribution in [0, 0.1) is 0 Å². The Morgan fingerprint density at radius 1 is 1.00 bits per heavy atom. The summed E-state index contributed by atoms with van der Waals surface area (Å²) in [4.78, 5) is 17.0. The Balaban J connectivity index is 1.72. The molecule has 0 fully saturated rings. The van der Waals surface area contributed by atoms with Crippen LogP contribution in [0.4, 0.5) is 0 Å². The molecule has 0 spiro atoms. The van der Waals surface area contributed by atoms with Gasteiger partial charge in [-0.15, -0.1) is 0 Å². The van der Waals surface area contributed by atoms with Crippen molar-refractivity contribution in [1.29, 1.82) is 0 Å². The molecule has 1 amide bonds. The molecule has 0 bridgehead atoms. The van der Waals surface area contributed by atoms with Crippen molar-refractivity contribution in [3.05, 3.63) is 60.2 Å². The minimum Gasteiger partial charge on any atom is -0.496 e. The smallest absolute Gasteiger partial charge is 0.278 e. The van der Waals surface area contributed by atoms with E-state index in [0.717, 1.165) is 5.75 Å². The summed E-state index contributed by atoms with van der Waals surface area (Å²) < 4.78 is 10.5. The number of methoxy groups -OCH3 is 1. The highest BCUT2D eigenvalue weighted by Gasteiger charge is 2.10. The Labute approximate surface area is 123 Å². The fourth-order valence-electron chi connectivity index (χ4n) is 1.72. The van der Waals surface area contributed by atoms with Gasteiger partial charge in [0.05, 0.1) is 12.7 Å². The van der Waals surface area contributed by atoms with E-state index in [2.05, 4.69) is 5.48 Å². The van der Waals surface area contributed by atoms with Crippen LogP contribution < -0.4 is 15.0 Å². The summed E-state index contributed by atoms with van der Waals surface area (Å²) in [6, 6.07) is 16.3. The van der Waals surface area contributed by atoms with E-state index >= 15 is 0 Å². The number of amides is 1. The van der Waals surface area contributed by atoms with Crippen LogP contribution in [0.3, 0.4) is 0 Å². The van der Waals surface area contributed by atoms with Crippen LogP contribution in [0.15, 0.2) is 54.6 Å². The van der Waals surface area contributed by atoms with Gasteiger partial charge in [0.2, 0.25) is 0 Å². The Bertz CT molecular complexity index is 571. The molecule has 0 unspecified atom stereocenters. The molecule has 5 nitrogen and oxygen atoms in total. The number of para-hydroxylation sites is 2. The van der Waals surface area contributed by atoms with Gasteiger partial charge in [0.25, 0.3) is 5.91 Å². The van der Waals surface area contributed by atoms with Crippen LogP contribution in [0.5, 0.6) is 11.5 Å². The third kappa shape index (κ3) is 4.50. The highest BCUT2D eigenvalue weighted by Crippen LogP contribution is 2.16. The van der Waals surface area contributed by atoms with Crippen molar-refractivity contribution in [1.82, 2.24) is 5.48 Å². The maximum Gasteiger partial charge on any atom is 0.278 e. The summed E-state index contributed by atoms with van der Waals surface area (Å²) in [6.07, 6.45) is 0. The van der Waals surface area contributed by atoms with E-state index in [1.54, 1.807) is 24.3 Å². The molecule has 0 aliphatic carbocycles. The van der Waals surface area contributed by atoms with Crippen LogP contribution in [0.25, 0.3) is 0 Å². The second-order valence-corrected chi connectivity index (χ2v) is 4.14. The van der Waals surface area contributed by atoms with E-state index in [4.69, 9.17) is 14.3 Å². The lowest BCUT2D eigenvalue weighted by Crippen LogP contribution is -2.26. The summed E-state index contributed by atoms with van der Waals surface area (Å²) >= 11 is 0. The van der Waals surface area contributed by atoms with Crippen LogP contribution in [-0.2, 0) is 4.84 Å². The fraction of sp³-hybridized carbons (Fsp3) is 0.188. The van der Waals surface area contributed by atoms with Crippen molar-refractivity contribution in [2.24, 2.45) is 0 Å². The first-order chi connectivity index (χ1) is 10.3. The highest BCUT2D eigenvalue weighted by molar-refractivity contribution is 5.96. The van der Waals surface area contributed by atoms with Gasteiger partial charge in [-0.05, 0) is 24.3 Å². The SMILES string of the molecule is COc1ccccc1C(=O)NOCCOc1ccccc1. The second kappa shape index (κ2) is 7.91. The van der Waals surface area contributed by atoms with E-state index in [-0.39, 0.29) is 12.5 Å². The van der Waals surface area contributed by atoms with E-state index in [9.17, 15) is 4.79 Å². The molecule has 110 valence electrons. The predicted octanol–water partition coefficient (Wildman–Crippen LogP) is 2.44. The van der Waals surface area contributed by atoms with Crippen molar-refractivity contribution < 1.29 is 19.1 Å². The molecule has 2 aromatic rings. The molecule has 21 heavy (non-hydrogen) atoms. The van der Waals surface area contributed by atoms with E-state index in [0.29, 0.717) is 17.9 Å². The number of benzene rings is 2. The summed E-state index contributed by atoms with van der Waals surface area (Å²) in [5.41, 5.74) is 2.78. The number of rotatable bonds is 7. The first-order valence-corrected chi connectivity index (χ1v) is 6.54. The van der Waals surface area contributed by atoms with E-state index in [1.807, 2.05) is 30.3 Å². The van der Waals surface area contributed by atoms with Crippen molar-refractivity contribution in [3.63, 3.8) is 0 Å². The van der Waals surface area contributed by atoms with Gasteiger partial charge in [0.1, 0.15) is 24.7 Å². The average Bonchev–Trinajstić information content (AvgIpc) is 2.55. The molecular weight excluding hydrogens is 270 g/mol. The van der Waals surface area contributed by atoms with Crippen molar-refractivity contribution in [2.75, 3.05) is 20.3 Å². The Morgan fingerprint density at radius 2 is 1.71 bits per heavy atom. The number of hydrogen-bond acceptors (Lipinski definition) is 4. The molecule has 5 heteroatoms. The van der Waals surface area contributed by atoms with E-state index in [1.165, 1.54) is 7.11 Å². The van der Waals surface area contributed by atoms with Gasteiger partial charge in [0, 0.05) is 0 Å². The lowest BCUT2D eigenvalue weighted by atomic mass is 10.2. The second-order valence-electron chi connectivity index (χ2n) is 4.14. The third-order valence-corrected chi connectivity index (χ3v) is 2.71. The molecular formula is C16H17NO4. The van der Waals surface area contributed by atoms with Crippen LogP contribution in [-0.4, -0.2) is 26.2 Å². The van der Waals surface area contributed by atoms with Gasteiger partial charge >= 0.3 is 0 Å². The number of carbonyl (C=O) groups is 1. The largest absolute Gasteiger partial charge is 0.496 e. The summed E-state index contributed by atoms with van der Waals surface area (Å²) in [5.74, 6) is 0.906. The van der Waals surface area contributed by atoms with Crippen LogP contribution in [0.2, 0.25) is 0 Å². The van der Waals surface area contributed by atoms with Gasteiger partial charge < -0.3 is 9.47 Å². The van der Waals surface area contributed by atoms with Gasteiger partial charge in [0.15, 0.2) is 0 Å². The van der Waals surface area contributed by atoms with E-state index < -0.39 is 0 Å². The Hall–Kier alpha value is -2.53. The highest BCUT2D eigenvalue weighted by atomic mass is 16.7. The van der Waals surface area contributed by atoms with Gasteiger partial charge in [-0.3, -0.25) is 9.63 Å². The Kier molecular flexibility index (Phi) is 5.60. The monoisotopic (exact) mass is 287 g/mol. The normalized spacial score (nSPS) is 9.95. The molecule has 0 atom stereocenters. The molecule has 0 radical (unpaired) electrons. The van der Waals surface area contributed by atoms with Crippen LogP contribution >= 0.6 is 0 Å². The quantitative estimate of drug-likeness (QED) is 0.627. The molecule has 0 aliphatic rings. The number of hydroxylamine groups is 1. The third-order valence-electron chi connectivity index (χ3n) is 2.71. The fourth-order valence-corrected chi connectivity index (χ4v) is 1.72. The zero-order chi connectivity index (χ0) is 14.9. The number of nitrogens with one attached hydrogen (secondary N) is 1. The lowest BCUT2D eigenvalue weighted by molar-refractivity contribution is 0.0198. The maximum atomic E-state index is 11.9. The van der Waals surface area contributed by atoms with Crippen molar-refractivity contribution in [2.45, 2.75) is 0 Å². The lowest BCUT2D eigenvalue weighted by Gasteiger charge is -2.09. The topological polar surface area (TPSA) is 56.8 Å². The Morgan fingerprint density at radius 3 is 2.48 bits per heavy atom. The average molecular weight is 287 g/mol. The zero-order valence-electron chi connectivity index (χ0n) is 11.7. The first-order valence-electron chi connectivity index (χ1n) is 6.54. The number of carbonyl (C=O) groups excluding carboxylic acids is 1. The predicted molar refractivity (Wildman–Crippen MR) is 78.3 cm³/mol. The molecule has 2 rings (SSSR count). The molecule has 1 N–H and O–H groups in total. The molecule has 0 aromatic heterocycles. The number of ether oxygens (including phenoxy) is 2. The minimum absolute atomic E-state index is 0.246. The standard InChI is InChI=1S/C16H17NO4/c1-19-15-10-6-5-9-14(15)16(18)17-21-12-11-20-13-7-3-2-4-8-13/h2-10H,11-12H2,1H3,(H,17,18). The van der Waals surface area contributed by atoms with Gasteiger partial charge in [-0.1, -0.05) is 30.3 Å². The van der Waals surface area contributed by atoms with Crippen molar-refractivity contribution in [3.8, 4) is 11.5 Å². The first kappa shape index (κ1) is 14.9. The molecule has 0 saturated carbocycles. The minimum atomic E-state index is -0.354. The maximum absolute atomic E-state index is 11.9. The summed E-state index contributed by atoms with van der Waals surface area (Å²) in [7, 11) is 1.51. The molecule has 0 heterocycles. The molecule has 0 aliphatic heterocycles. The van der Waals surface area contributed by atoms with Gasteiger partial charge in [-0.2, -0.15) is 0 Å². The van der Waals surface area contributed by atoms with Crippen LogP contribution in [0.1, 0.15) is 10.4 Å². The molecule has 2 aromatic carbocycles.